The van der Waals surface area contributed by atoms with Crippen LogP contribution in [0, 0.1) is 29.8 Å². The molecule has 84 valence electrons. The molecule has 2 nitrogen and oxygen atoms in total. The lowest BCUT2D eigenvalue weighted by Crippen LogP contribution is -2.24. The second-order valence-electron chi connectivity index (χ2n) is 2.95. The third kappa shape index (κ3) is 2.61. The predicted octanol–water partition coefficient (Wildman–Crippen LogP) is 1.51. The van der Waals surface area contributed by atoms with Gasteiger partial charge in [-0.15, -0.1) is 6.42 Å². The number of hydrogen-bond acceptors (Lipinski definition) is 2. The maximum absolute atomic E-state index is 13.1. The molecule has 0 amide bonds. The molecule has 0 aliphatic carbocycles. The Labute approximate surface area is 90.5 Å². The molecule has 0 aromatic heterocycles. The summed E-state index contributed by atoms with van der Waals surface area (Å²) in [6.07, 6.45) is 4.92. The van der Waals surface area contributed by atoms with Crippen molar-refractivity contribution in [2.75, 3.05) is 13.1 Å². The molecular weight excluding hydrogens is 219 g/mol. The van der Waals surface area contributed by atoms with Crippen LogP contribution in [0.15, 0.2) is 12.1 Å². The summed E-state index contributed by atoms with van der Waals surface area (Å²) in [6, 6.07) is 1.60. The molecule has 0 aliphatic heterocycles. The minimum atomic E-state index is -1.65. The molecule has 0 unspecified atom stereocenters. The first-order chi connectivity index (χ1) is 7.57. The summed E-state index contributed by atoms with van der Waals surface area (Å²) < 4.78 is 38.5. The van der Waals surface area contributed by atoms with Crippen LogP contribution in [0.4, 0.5) is 13.2 Å². The van der Waals surface area contributed by atoms with Crippen LogP contribution < -0.4 is 5.32 Å². The maximum Gasteiger partial charge on any atom is 0.195 e. The summed E-state index contributed by atoms with van der Waals surface area (Å²) >= 11 is 0. The van der Waals surface area contributed by atoms with Gasteiger partial charge in [0.15, 0.2) is 23.2 Å². The van der Waals surface area contributed by atoms with Gasteiger partial charge in [0.05, 0.1) is 18.7 Å². The van der Waals surface area contributed by atoms with Gasteiger partial charge in [-0.05, 0) is 12.1 Å². The minimum absolute atomic E-state index is 0.136. The summed E-state index contributed by atoms with van der Waals surface area (Å²) in [5.41, 5.74) is -0.497. The molecule has 1 rings (SSSR count). The van der Waals surface area contributed by atoms with Crippen molar-refractivity contribution in [3.8, 4) is 12.3 Å². The zero-order chi connectivity index (χ0) is 12.1. The first-order valence-electron chi connectivity index (χ1n) is 4.38. The van der Waals surface area contributed by atoms with E-state index in [2.05, 4.69) is 11.2 Å². The second-order valence-corrected chi connectivity index (χ2v) is 2.95. The predicted molar refractivity (Wildman–Crippen MR) is 52.3 cm³/mol. The molecule has 0 atom stereocenters. The number of hydrogen-bond donors (Lipinski definition) is 1. The molecule has 0 heterocycles. The highest BCUT2D eigenvalue weighted by molar-refractivity contribution is 5.97. The van der Waals surface area contributed by atoms with E-state index < -0.39 is 28.8 Å². The van der Waals surface area contributed by atoms with Crippen molar-refractivity contribution in [1.29, 1.82) is 0 Å². The second kappa shape index (κ2) is 5.33. The van der Waals surface area contributed by atoms with Gasteiger partial charge in [0.1, 0.15) is 0 Å². The molecule has 1 aromatic carbocycles. The van der Waals surface area contributed by atoms with E-state index in [1.54, 1.807) is 0 Å². The largest absolute Gasteiger partial charge is 0.299 e. The van der Waals surface area contributed by atoms with Crippen LogP contribution in [-0.2, 0) is 0 Å². The summed E-state index contributed by atoms with van der Waals surface area (Å²) in [5, 5.41) is 2.53. The van der Waals surface area contributed by atoms with Gasteiger partial charge in [0, 0.05) is 0 Å². The third-order valence-corrected chi connectivity index (χ3v) is 1.85. The zero-order valence-electron chi connectivity index (χ0n) is 8.19. The van der Waals surface area contributed by atoms with Crippen LogP contribution in [-0.4, -0.2) is 18.9 Å². The van der Waals surface area contributed by atoms with Crippen molar-refractivity contribution < 1.29 is 18.0 Å². The zero-order valence-corrected chi connectivity index (χ0v) is 8.19. The Morgan fingerprint density at radius 1 is 1.31 bits per heavy atom. The Hall–Kier alpha value is -1.80. The number of terminal acetylenes is 1. The number of carbonyl (C=O) groups excluding carboxylic acids is 1. The smallest absolute Gasteiger partial charge is 0.195 e. The summed E-state index contributed by atoms with van der Waals surface area (Å²) in [7, 11) is 0. The van der Waals surface area contributed by atoms with E-state index in [1.807, 2.05) is 0 Å². The maximum atomic E-state index is 13.1. The fourth-order valence-electron chi connectivity index (χ4n) is 1.08. The van der Waals surface area contributed by atoms with Gasteiger partial charge >= 0.3 is 0 Å². The topological polar surface area (TPSA) is 29.1 Å². The molecule has 1 aromatic rings. The van der Waals surface area contributed by atoms with E-state index >= 15 is 0 Å². The Morgan fingerprint density at radius 2 is 2.00 bits per heavy atom. The van der Waals surface area contributed by atoms with Crippen molar-refractivity contribution >= 4 is 5.78 Å². The number of halogens is 3. The van der Waals surface area contributed by atoms with E-state index in [9.17, 15) is 18.0 Å². The molecule has 16 heavy (non-hydrogen) atoms. The Balaban J connectivity index is 2.85. The van der Waals surface area contributed by atoms with Crippen LogP contribution in [0.3, 0.4) is 0 Å². The number of ketones is 1. The lowest BCUT2D eigenvalue weighted by molar-refractivity contribution is 0.0987. The van der Waals surface area contributed by atoms with Crippen molar-refractivity contribution in [2.24, 2.45) is 0 Å². The normalized spacial score (nSPS) is 9.88. The van der Waals surface area contributed by atoms with Crippen molar-refractivity contribution in [3.63, 3.8) is 0 Å². The minimum Gasteiger partial charge on any atom is -0.299 e. The van der Waals surface area contributed by atoms with E-state index in [0.717, 1.165) is 6.07 Å². The van der Waals surface area contributed by atoms with Crippen molar-refractivity contribution in [1.82, 2.24) is 5.32 Å². The molecular formula is C11H8F3NO. The molecule has 0 radical (unpaired) electrons. The Bertz CT molecular complexity index is 451. The van der Waals surface area contributed by atoms with Gasteiger partial charge in [-0.3, -0.25) is 10.1 Å². The van der Waals surface area contributed by atoms with Crippen LogP contribution in [0.25, 0.3) is 0 Å². The Morgan fingerprint density at radius 3 is 2.62 bits per heavy atom. The monoisotopic (exact) mass is 227 g/mol. The van der Waals surface area contributed by atoms with E-state index in [-0.39, 0.29) is 13.1 Å². The highest BCUT2D eigenvalue weighted by Gasteiger charge is 2.17. The molecule has 0 saturated heterocycles. The number of carbonyl (C=O) groups is 1. The van der Waals surface area contributed by atoms with Gasteiger partial charge in [0.25, 0.3) is 0 Å². The Kier molecular flexibility index (Phi) is 4.09. The summed E-state index contributed by atoms with van der Waals surface area (Å²) in [5.74, 6) is -2.93. The third-order valence-electron chi connectivity index (χ3n) is 1.85. The van der Waals surface area contributed by atoms with Gasteiger partial charge in [0.2, 0.25) is 0 Å². The number of Topliss-reactive ketones (excluding diaryl/α,β-unsaturated/α-hetero) is 1. The molecule has 5 heteroatoms. The molecule has 0 fully saturated rings. The number of rotatable bonds is 4. The summed E-state index contributed by atoms with van der Waals surface area (Å²) in [6.45, 7) is -0.0940. The molecule has 0 aliphatic rings. The van der Waals surface area contributed by atoms with Gasteiger partial charge in [-0.1, -0.05) is 5.92 Å². The first-order valence-corrected chi connectivity index (χ1v) is 4.38. The van der Waals surface area contributed by atoms with E-state index in [4.69, 9.17) is 6.42 Å². The number of benzene rings is 1. The quantitative estimate of drug-likeness (QED) is 0.365. The average molecular weight is 227 g/mol. The fourth-order valence-corrected chi connectivity index (χ4v) is 1.08. The lowest BCUT2D eigenvalue weighted by atomic mass is 10.1. The molecule has 0 saturated carbocycles. The molecule has 0 bridgehead atoms. The molecule has 0 spiro atoms. The first kappa shape index (κ1) is 12.3. The fraction of sp³-hybridized carbons (Fsp3) is 0.182. The van der Waals surface area contributed by atoms with Crippen molar-refractivity contribution in [2.45, 2.75) is 0 Å². The van der Waals surface area contributed by atoms with Crippen LogP contribution in [0.1, 0.15) is 10.4 Å². The van der Waals surface area contributed by atoms with Crippen molar-refractivity contribution in [3.05, 3.63) is 35.1 Å². The van der Waals surface area contributed by atoms with Crippen LogP contribution >= 0.6 is 0 Å². The van der Waals surface area contributed by atoms with Crippen LogP contribution in [0.5, 0.6) is 0 Å². The lowest BCUT2D eigenvalue weighted by Gasteiger charge is -2.03. The number of nitrogens with one attached hydrogen (secondary N) is 1. The van der Waals surface area contributed by atoms with Gasteiger partial charge < -0.3 is 0 Å². The average Bonchev–Trinajstić information content (AvgIpc) is 2.26. The van der Waals surface area contributed by atoms with E-state index in [0.29, 0.717) is 6.07 Å². The van der Waals surface area contributed by atoms with Gasteiger partial charge in [-0.2, -0.15) is 0 Å². The highest BCUT2D eigenvalue weighted by Crippen LogP contribution is 2.15. The van der Waals surface area contributed by atoms with Gasteiger partial charge in [-0.25, -0.2) is 13.2 Å². The standard InChI is InChI=1S/C11H8F3NO/c1-2-5-15-6-9(16)7-3-4-8(12)11(14)10(7)13/h1,3-4,15H,5-6H2. The summed E-state index contributed by atoms with van der Waals surface area (Å²) in [4.78, 5) is 11.3. The SMILES string of the molecule is C#CCNCC(=O)c1ccc(F)c(F)c1F. The van der Waals surface area contributed by atoms with Crippen LogP contribution in [0.2, 0.25) is 0 Å². The van der Waals surface area contributed by atoms with E-state index in [1.165, 1.54) is 0 Å². The molecule has 1 N–H and O–H groups in total. The highest BCUT2D eigenvalue weighted by atomic mass is 19.2.